The molecule has 0 radical (unpaired) electrons. The third-order valence-electron chi connectivity index (χ3n) is 5.62. The molecule has 2 aromatic rings. The maximum atomic E-state index is 10.3. The van der Waals surface area contributed by atoms with E-state index in [1.54, 1.807) is 48.5 Å². The minimum atomic E-state index is -0.618. The minimum absolute atomic E-state index is 0. The molecule has 192 valence electrons. The Morgan fingerprint density at radius 1 is 0.714 bits per heavy atom. The predicted molar refractivity (Wildman–Crippen MR) is 138 cm³/mol. The van der Waals surface area contributed by atoms with E-state index in [0.717, 1.165) is 26.2 Å². The average molecular weight is 507 g/mol. The van der Waals surface area contributed by atoms with E-state index in [2.05, 4.69) is 9.80 Å². The molecule has 2 unspecified atom stereocenters. The highest BCUT2D eigenvalue weighted by atomic mass is 35.5. The SMILES string of the molecule is Cl.N=C(N)c1ccc(OCC(O)CN2CCN(CC(O)COc3ccc(C(=N)N)cc3)CC2)cc1. The molecule has 1 heterocycles. The number of nitrogen functional groups attached to an aromatic ring is 2. The minimum Gasteiger partial charge on any atom is -0.491 e. The molecule has 10 nitrogen and oxygen atoms in total. The van der Waals surface area contributed by atoms with Crippen LogP contribution in [0.15, 0.2) is 48.5 Å². The molecular formula is C24H35ClN6O4. The van der Waals surface area contributed by atoms with Crippen LogP contribution in [-0.4, -0.2) is 96.4 Å². The molecule has 0 aliphatic carbocycles. The van der Waals surface area contributed by atoms with Crippen molar-refractivity contribution in [1.82, 2.24) is 9.80 Å². The fraction of sp³-hybridized carbons (Fsp3) is 0.417. The van der Waals surface area contributed by atoms with Crippen LogP contribution in [0.3, 0.4) is 0 Å². The van der Waals surface area contributed by atoms with Gasteiger partial charge in [0.05, 0.1) is 0 Å². The molecular weight excluding hydrogens is 472 g/mol. The van der Waals surface area contributed by atoms with Gasteiger partial charge in [0.1, 0.15) is 48.6 Å². The molecule has 0 amide bonds. The number of ether oxygens (including phenoxy) is 2. The van der Waals surface area contributed by atoms with Crippen LogP contribution in [0.25, 0.3) is 0 Å². The highest BCUT2D eigenvalue weighted by Crippen LogP contribution is 2.14. The monoisotopic (exact) mass is 506 g/mol. The predicted octanol–water partition coefficient (Wildman–Crippen LogP) is 0.474. The third-order valence-corrected chi connectivity index (χ3v) is 5.62. The third kappa shape index (κ3) is 9.35. The summed E-state index contributed by atoms with van der Waals surface area (Å²) in [5.74, 6) is 1.26. The fourth-order valence-corrected chi connectivity index (χ4v) is 3.70. The second kappa shape index (κ2) is 13.9. The average Bonchev–Trinajstić information content (AvgIpc) is 2.83. The van der Waals surface area contributed by atoms with Gasteiger partial charge < -0.3 is 31.2 Å². The molecule has 1 saturated heterocycles. The van der Waals surface area contributed by atoms with E-state index < -0.39 is 12.2 Å². The Morgan fingerprint density at radius 3 is 1.31 bits per heavy atom. The number of piperazine rings is 1. The van der Waals surface area contributed by atoms with Gasteiger partial charge in [-0.25, -0.2) is 0 Å². The number of benzene rings is 2. The Kier molecular flexibility index (Phi) is 11.2. The molecule has 8 N–H and O–H groups in total. The summed E-state index contributed by atoms with van der Waals surface area (Å²) >= 11 is 0. The lowest BCUT2D eigenvalue weighted by atomic mass is 10.2. The first-order valence-corrected chi connectivity index (χ1v) is 11.3. The van der Waals surface area contributed by atoms with Gasteiger partial charge in [-0.2, -0.15) is 0 Å². The largest absolute Gasteiger partial charge is 0.491 e. The molecule has 1 aliphatic rings. The quantitative estimate of drug-likeness (QED) is 0.178. The van der Waals surface area contributed by atoms with Crippen LogP contribution in [0.4, 0.5) is 0 Å². The number of nitrogens with one attached hydrogen (secondary N) is 2. The van der Waals surface area contributed by atoms with Gasteiger partial charge in [-0.05, 0) is 48.5 Å². The van der Waals surface area contributed by atoms with E-state index in [0.29, 0.717) is 35.7 Å². The van der Waals surface area contributed by atoms with Gasteiger partial charge in [0.15, 0.2) is 0 Å². The standard InChI is InChI=1S/C24H34N6O4.ClH/c25-23(26)17-1-5-21(6-2-17)33-15-19(31)13-29-9-11-30(12-10-29)14-20(32)16-34-22-7-3-18(4-8-22)24(27)28;/h1-8,19-20,31-32H,9-16H2,(H3,25,26)(H3,27,28);1H. The molecule has 0 aromatic heterocycles. The number of β-amino-alcohol motifs (C(OH)–C–C–N with tert-alkyl or cyclic N) is 2. The van der Waals surface area contributed by atoms with Crippen LogP contribution >= 0.6 is 12.4 Å². The Balaban J connectivity index is 0.00000432. The molecule has 0 saturated carbocycles. The summed E-state index contributed by atoms with van der Waals surface area (Å²) in [6.07, 6.45) is -1.24. The Bertz CT molecular complexity index is 859. The lowest BCUT2D eigenvalue weighted by molar-refractivity contribution is 0.0240. The smallest absolute Gasteiger partial charge is 0.122 e. The van der Waals surface area contributed by atoms with E-state index in [4.69, 9.17) is 31.8 Å². The van der Waals surface area contributed by atoms with Gasteiger partial charge in [0.25, 0.3) is 0 Å². The molecule has 2 atom stereocenters. The van der Waals surface area contributed by atoms with Gasteiger partial charge in [0, 0.05) is 50.4 Å². The van der Waals surface area contributed by atoms with Gasteiger partial charge in [-0.3, -0.25) is 20.6 Å². The zero-order valence-corrected chi connectivity index (χ0v) is 20.4. The maximum Gasteiger partial charge on any atom is 0.122 e. The van der Waals surface area contributed by atoms with Crippen LogP contribution in [0, 0.1) is 10.8 Å². The lowest BCUT2D eigenvalue weighted by Gasteiger charge is -2.36. The summed E-state index contributed by atoms with van der Waals surface area (Å²) < 4.78 is 11.3. The summed E-state index contributed by atoms with van der Waals surface area (Å²) in [6.45, 7) is 4.58. The highest BCUT2D eigenvalue weighted by molar-refractivity contribution is 5.95. The van der Waals surface area contributed by atoms with Crippen molar-refractivity contribution in [2.45, 2.75) is 12.2 Å². The molecule has 0 bridgehead atoms. The molecule has 0 spiro atoms. The topological polar surface area (TPSA) is 165 Å². The van der Waals surface area contributed by atoms with Gasteiger partial charge in [0.2, 0.25) is 0 Å². The first-order valence-electron chi connectivity index (χ1n) is 11.3. The molecule has 11 heteroatoms. The second-order valence-corrected chi connectivity index (χ2v) is 8.41. The van der Waals surface area contributed by atoms with E-state index in [9.17, 15) is 10.2 Å². The molecule has 1 fully saturated rings. The van der Waals surface area contributed by atoms with Gasteiger partial charge >= 0.3 is 0 Å². The zero-order valence-electron chi connectivity index (χ0n) is 19.6. The van der Waals surface area contributed by atoms with E-state index in [-0.39, 0.29) is 37.3 Å². The van der Waals surface area contributed by atoms with E-state index >= 15 is 0 Å². The first kappa shape index (κ1) is 28.3. The fourth-order valence-electron chi connectivity index (χ4n) is 3.70. The summed E-state index contributed by atoms with van der Waals surface area (Å²) in [5, 5.41) is 35.5. The van der Waals surface area contributed by atoms with Gasteiger partial charge in [-0.15, -0.1) is 12.4 Å². The summed E-state index contributed by atoms with van der Waals surface area (Å²) in [6, 6.07) is 13.8. The molecule has 2 aromatic carbocycles. The van der Waals surface area contributed by atoms with Crippen molar-refractivity contribution in [1.29, 1.82) is 10.8 Å². The number of hydrogen-bond acceptors (Lipinski definition) is 8. The van der Waals surface area contributed by atoms with Crippen LogP contribution in [0.5, 0.6) is 11.5 Å². The maximum absolute atomic E-state index is 10.3. The van der Waals surface area contributed by atoms with E-state index in [1.807, 2.05) is 0 Å². The highest BCUT2D eigenvalue weighted by Gasteiger charge is 2.21. The van der Waals surface area contributed by atoms with Crippen molar-refractivity contribution >= 4 is 24.1 Å². The molecule has 35 heavy (non-hydrogen) atoms. The number of rotatable bonds is 12. The van der Waals surface area contributed by atoms with Crippen molar-refractivity contribution in [3.8, 4) is 11.5 Å². The van der Waals surface area contributed by atoms with Crippen LogP contribution < -0.4 is 20.9 Å². The molecule has 3 rings (SSSR count). The summed E-state index contributed by atoms with van der Waals surface area (Å²) in [7, 11) is 0. The van der Waals surface area contributed by atoms with Crippen molar-refractivity contribution in [3.05, 3.63) is 59.7 Å². The molecule has 1 aliphatic heterocycles. The van der Waals surface area contributed by atoms with Gasteiger partial charge in [-0.1, -0.05) is 0 Å². The van der Waals surface area contributed by atoms with Crippen molar-refractivity contribution in [2.75, 3.05) is 52.5 Å². The van der Waals surface area contributed by atoms with Crippen LogP contribution in [-0.2, 0) is 0 Å². The van der Waals surface area contributed by atoms with Crippen molar-refractivity contribution in [2.24, 2.45) is 11.5 Å². The number of nitrogens with zero attached hydrogens (tertiary/aromatic N) is 2. The Morgan fingerprint density at radius 2 is 1.03 bits per heavy atom. The normalized spacial score (nSPS) is 16.1. The number of aliphatic hydroxyl groups excluding tert-OH is 2. The zero-order chi connectivity index (χ0) is 24.5. The Hall–Kier alpha value is -2.89. The summed E-state index contributed by atoms with van der Waals surface area (Å²) in [4.78, 5) is 4.37. The number of aliphatic hydroxyl groups is 2. The number of nitrogens with two attached hydrogens (primary N) is 2. The van der Waals surface area contributed by atoms with Crippen LogP contribution in [0.1, 0.15) is 11.1 Å². The summed E-state index contributed by atoms with van der Waals surface area (Å²) in [5.41, 5.74) is 12.1. The number of amidine groups is 2. The Labute approximate surface area is 211 Å². The number of halogens is 1. The number of hydrogen-bond donors (Lipinski definition) is 6. The van der Waals surface area contributed by atoms with E-state index in [1.165, 1.54) is 0 Å². The van der Waals surface area contributed by atoms with Crippen LogP contribution in [0.2, 0.25) is 0 Å². The van der Waals surface area contributed by atoms with Crippen molar-refractivity contribution in [3.63, 3.8) is 0 Å². The second-order valence-electron chi connectivity index (χ2n) is 8.41. The first-order chi connectivity index (χ1) is 16.3. The lowest BCUT2D eigenvalue weighted by Crippen LogP contribution is -2.51. The van der Waals surface area contributed by atoms with Crippen molar-refractivity contribution < 1.29 is 19.7 Å².